The Hall–Kier alpha value is -2.63. The lowest BCUT2D eigenvalue weighted by molar-refractivity contribution is -0.126. The van der Waals surface area contributed by atoms with Crippen molar-refractivity contribution in [2.45, 2.75) is 26.2 Å². The van der Waals surface area contributed by atoms with Crippen LogP contribution in [-0.4, -0.2) is 36.3 Å². The minimum absolute atomic E-state index is 0.0257. The number of piperidine rings is 1. The number of halogens is 1. The normalized spacial score (nSPS) is 15.1. The first-order chi connectivity index (χ1) is 12.5. The van der Waals surface area contributed by atoms with Gasteiger partial charge in [0.2, 0.25) is 5.91 Å². The number of amides is 2. The number of carbonyl (C=O) groups excluding carboxylic acids is 2. The average molecular weight is 358 g/mol. The van der Waals surface area contributed by atoms with E-state index in [-0.39, 0.29) is 23.5 Å². The molecule has 1 fully saturated rings. The van der Waals surface area contributed by atoms with Gasteiger partial charge in [0.05, 0.1) is 0 Å². The van der Waals surface area contributed by atoms with E-state index in [4.69, 9.17) is 4.42 Å². The third-order valence-corrected chi connectivity index (χ3v) is 4.76. The number of aryl methyl sites for hydroxylation is 1. The maximum atomic E-state index is 13.6. The van der Waals surface area contributed by atoms with Crippen LogP contribution in [0.1, 0.15) is 34.7 Å². The first kappa shape index (κ1) is 18.2. The molecule has 3 rings (SSSR count). The van der Waals surface area contributed by atoms with Crippen LogP contribution in [0.15, 0.2) is 40.8 Å². The Bertz CT molecular complexity index is 779. The Morgan fingerprint density at radius 1 is 1.19 bits per heavy atom. The number of nitrogens with zero attached hydrogens (tertiary/aromatic N) is 1. The van der Waals surface area contributed by atoms with Crippen LogP contribution in [0.5, 0.6) is 0 Å². The Balaban J connectivity index is 1.43. The Morgan fingerprint density at radius 2 is 1.92 bits per heavy atom. The minimum atomic E-state index is -0.248. The lowest BCUT2D eigenvalue weighted by Gasteiger charge is -2.30. The quantitative estimate of drug-likeness (QED) is 0.894. The molecule has 6 heteroatoms. The van der Waals surface area contributed by atoms with Crippen molar-refractivity contribution in [3.8, 4) is 0 Å². The predicted octanol–water partition coefficient (Wildman–Crippen LogP) is 2.94. The Kier molecular flexibility index (Phi) is 5.71. The van der Waals surface area contributed by atoms with E-state index in [1.165, 1.54) is 6.07 Å². The van der Waals surface area contributed by atoms with Crippen molar-refractivity contribution >= 4 is 11.8 Å². The highest BCUT2D eigenvalue weighted by Crippen LogP contribution is 2.20. The van der Waals surface area contributed by atoms with Crippen molar-refractivity contribution < 1.29 is 18.4 Å². The molecule has 0 atom stereocenters. The van der Waals surface area contributed by atoms with Gasteiger partial charge in [-0.1, -0.05) is 18.2 Å². The molecular weight excluding hydrogens is 335 g/mol. The molecule has 0 aliphatic carbocycles. The largest absolute Gasteiger partial charge is 0.456 e. The number of carbonyl (C=O) groups is 2. The molecule has 5 nitrogen and oxygen atoms in total. The lowest BCUT2D eigenvalue weighted by atomic mass is 9.95. The van der Waals surface area contributed by atoms with Crippen LogP contribution in [0.3, 0.4) is 0 Å². The van der Waals surface area contributed by atoms with E-state index in [1.807, 2.05) is 0 Å². The van der Waals surface area contributed by atoms with E-state index < -0.39 is 0 Å². The summed E-state index contributed by atoms with van der Waals surface area (Å²) in [7, 11) is 0. The summed E-state index contributed by atoms with van der Waals surface area (Å²) in [6.07, 6.45) is 1.71. The molecule has 1 aliphatic rings. The van der Waals surface area contributed by atoms with E-state index in [9.17, 15) is 14.0 Å². The van der Waals surface area contributed by atoms with Gasteiger partial charge in [0.25, 0.3) is 5.91 Å². The van der Waals surface area contributed by atoms with E-state index in [0.717, 1.165) is 0 Å². The number of nitrogens with one attached hydrogen (secondary N) is 1. The van der Waals surface area contributed by atoms with Gasteiger partial charge in [0.1, 0.15) is 11.6 Å². The maximum Gasteiger partial charge on any atom is 0.289 e. The van der Waals surface area contributed by atoms with Crippen LogP contribution >= 0.6 is 0 Å². The number of hydrogen-bond donors (Lipinski definition) is 1. The zero-order valence-corrected chi connectivity index (χ0v) is 14.8. The van der Waals surface area contributed by atoms with E-state index >= 15 is 0 Å². The van der Waals surface area contributed by atoms with Gasteiger partial charge < -0.3 is 14.6 Å². The summed E-state index contributed by atoms with van der Waals surface area (Å²) < 4.78 is 18.9. The van der Waals surface area contributed by atoms with Crippen LogP contribution in [0.4, 0.5) is 4.39 Å². The molecule has 2 amide bonds. The summed E-state index contributed by atoms with van der Waals surface area (Å²) in [5.41, 5.74) is 0.599. The van der Waals surface area contributed by atoms with Gasteiger partial charge in [-0.05, 0) is 49.9 Å². The molecular formula is C20H23FN2O3. The molecule has 1 aromatic carbocycles. The molecule has 0 saturated carbocycles. The van der Waals surface area contributed by atoms with Crippen molar-refractivity contribution in [1.29, 1.82) is 0 Å². The zero-order valence-electron chi connectivity index (χ0n) is 14.8. The number of likely N-dealkylation sites (tertiary alicyclic amines) is 1. The van der Waals surface area contributed by atoms with Crippen LogP contribution in [0.25, 0.3) is 0 Å². The van der Waals surface area contributed by atoms with Gasteiger partial charge in [-0.25, -0.2) is 4.39 Å². The summed E-state index contributed by atoms with van der Waals surface area (Å²) in [5, 5.41) is 2.88. The molecule has 0 radical (unpaired) electrons. The van der Waals surface area contributed by atoms with Crippen LogP contribution < -0.4 is 5.32 Å². The molecule has 26 heavy (non-hydrogen) atoms. The topological polar surface area (TPSA) is 62.6 Å². The van der Waals surface area contributed by atoms with Gasteiger partial charge in [0.15, 0.2) is 5.76 Å². The molecule has 0 spiro atoms. The summed E-state index contributed by atoms with van der Waals surface area (Å²) in [4.78, 5) is 26.4. The van der Waals surface area contributed by atoms with E-state index in [0.29, 0.717) is 56.0 Å². The molecule has 1 aliphatic heterocycles. The molecule has 2 aromatic rings. The van der Waals surface area contributed by atoms with Crippen molar-refractivity contribution in [2.24, 2.45) is 5.92 Å². The molecule has 2 heterocycles. The number of furan rings is 1. The first-order valence-electron chi connectivity index (χ1n) is 8.91. The standard InChI is InChI=1S/C20H23FN2O3/c1-14-6-7-18(26-14)20(25)23-12-9-16(10-13-23)19(24)22-11-8-15-4-2-3-5-17(15)21/h2-7,16H,8-13H2,1H3,(H,22,24). The van der Waals surface area contributed by atoms with Gasteiger partial charge >= 0.3 is 0 Å². The molecule has 138 valence electrons. The van der Waals surface area contributed by atoms with Crippen LogP contribution in [-0.2, 0) is 11.2 Å². The van der Waals surface area contributed by atoms with Crippen molar-refractivity contribution in [3.63, 3.8) is 0 Å². The summed E-state index contributed by atoms with van der Waals surface area (Å²) >= 11 is 0. The van der Waals surface area contributed by atoms with Crippen molar-refractivity contribution in [3.05, 3.63) is 59.3 Å². The third kappa shape index (κ3) is 4.31. The van der Waals surface area contributed by atoms with Crippen LogP contribution in [0.2, 0.25) is 0 Å². The van der Waals surface area contributed by atoms with Gasteiger partial charge in [-0.2, -0.15) is 0 Å². The van der Waals surface area contributed by atoms with Crippen molar-refractivity contribution in [2.75, 3.05) is 19.6 Å². The Labute approximate surface area is 152 Å². The fraction of sp³-hybridized carbons (Fsp3) is 0.400. The smallest absolute Gasteiger partial charge is 0.289 e. The van der Waals surface area contributed by atoms with Crippen LogP contribution in [0, 0.1) is 18.7 Å². The van der Waals surface area contributed by atoms with E-state index in [1.54, 1.807) is 42.2 Å². The molecule has 1 aromatic heterocycles. The lowest BCUT2D eigenvalue weighted by Crippen LogP contribution is -2.43. The summed E-state index contributed by atoms with van der Waals surface area (Å²) in [5.74, 6) is 0.534. The molecule has 1 N–H and O–H groups in total. The van der Waals surface area contributed by atoms with Gasteiger partial charge in [-0.3, -0.25) is 9.59 Å². The monoisotopic (exact) mass is 358 g/mol. The number of benzene rings is 1. The second kappa shape index (κ2) is 8.17. The zero-order chi connectivity index (χ0) is 18.5. The summed E-state index contributed by atoms with van der Waals surface area (Å²) in [6.45, 7) is 3.27. The highest BCUT2D eigenvalue weighted by molar-refractivity contribution is 5.91. The van der Waals surface area contributed by atoms with E-state index in [2.05, 4.69) is 5.32 Å². The molecule has 0 unspecified atom stereocenters. The second-order valence-electron chi connectivity index (χ2n) is 6.61. The fourth-order valence-electron chi connectivity index (χ4n) is 3.22. The SMILES string of the molecule is Cc1ccc(C(=O)N2CCC(C(=O)NCCc3ccccc3F)CC2)o1. The third-order valence-electron chi connectivity index (χ3n) is 4.76. The number of hydrogen-bond acceptors (Lipinski definition) is 3. The fourth-order valence-corrected chi connectivity index (χ4v) is 3.22. The van der Waals surface area contributed by atoms with Crippen molar-refractivity contribution in [1.82, 2.24) is 10.2 Å². The van der Waals surface area contributed by atoms with Gasteiger partial charge in [0, 0.05) is 25.6 Å². The highest BCUT2D eigenvalue weighted by Gasteiger charge is 2.28. The highest BCUT2D eigenvalue weighted by atomic mass is 19.1. The first-order valence-corrected chi connectivity index (χ1v) is 8.91. The maximum absolute atomic E-state index is 13.6. The Morgan fingerprint density at radius 3 is 2.58 bits per heavy atom. The minimum Gasteiger partial charge on any atom is -0.456 e. The second-order valence-corrected chi connectivity index (χ2v) is 6.61. The summed E-state index contributed by atoms with van der Waals surface area (Å²) in [6, 6.07) is 10.0. The van der Waals surface area contributed by atoms with Gasteiger partial charge in [-0.15, -0.1) is 0 Å². The predicted molar refractivity (Wildman–Crippen MR) is 95.2 cm³/mol. The molecule has 1 saturated heterocycles. The average Bonchev–Trinajstić information content (AvgIpc) is 3.09. The number of rotatable bonds is 5. The molecule has 0 bridgehead atoms.